The summed E-state index contributed by atoms with van der Waals surface area (Å²) in [5, 5.41) is 0. The number of halogens is 2. The Balaban J connectivity index is 1.80. The first-order valence-electron chi connectivity index (χ1n) is 11.8. The van der Waals surface area contributed by atoms with E-state index in [1.165, 1.54) is 9.80 Å². The van der Waals surface area contributed by atoms with E-state index in [0.717, 1.165) is 18.6 Å². The van der Waals surface area contributed by atoms with Crippen LogP contribution in [-0.4, -0.2) is 77.5 Å². The van der Waals surface area contributed by atoms with E-state index in [2.05, 4.69) is 13.8 Å². The number of hydrogen-bond donors (Lipinski definition) is 0. The van der Waals surface area contributed by atoms with E-state index in [1.807, 2.05) is 0 Å². The molecule has 2 atom stereocenters. The van der Waals surface area contributed by atoms with Gasteiger partial charge in [-0.15, -0.1) is 0 Å². The third-order valence-electron chi connectivity index (χ3n) is 6.97. The minimum absolute atomic E-state index is 0.00582. The lowest BCUT2D eigenvalue weighted by molar-refractivity contribution is 0.0600. The number of rotatable bonds is 7. The van der Waals surface area contributed by atoms with Crippen LogP contribution < -0.4 is 0 Å². The second kappa shape index (κ2) is 10.5. The monoisotopic (exact) mass is 465 g/mol. The molecule has 1 aromatic carbocycles. The Labute approximate surface area is 193 Å². The van der Waals surface area contributed by atoms with Gasteiger partial charge in [0.25, 0.3) is 11.8 Å². The molecule has 33 heavy (non-hydrogen) atoms. The summed E-state index contributed by atoms with van der Waals surface area (Å²) in [4.78, 5) is 43.1. The molecule has 2 aliphatic rings. The summed E-state index contributed by atoms with van der Waals surface area (Å²) in [5.74, 6) is -2.96. The highest BCUT2D eigenvalue weighted by Crippen LogP contribution is 2.30. The lowest BCUT2D eigenvalue weighted by Gasteiger charge is -2.39. The van der Waals surface area contributed by atoms with E-state index in [4.69, 9.17) is 4.74 Å². The van der Waals surface area contributed by atoms with Gasteiger partial charge < -0.3 is 14.5 Å². The average Bonchev–Trinajstić information content (AvgIpc) is 3.21. The third-order valence-corrected chi connectivity index (χ3v) is 6.97. The van der Waals surface area contributed by atoms with Gasteiger partial charge in [-0.05, 0) is 44.7 Å². The molecule has 3 rings (SSSR count). The quantitative estimate of drug-likeness (QED) is 0.612. The molecule has 2 aliphatic heterocycles. The number of amides is 3. The van der Waals surface area contributed by atoms with Crippen LogP contribution in [0.2, 0.25) is 0 Å². The van der Waals surface area contributed by atoms with Crippen molar-refractivity contribution in [2.45, 2.75) is 59.0 Å². The van der Waals surface area contributed by atoms with Crippen molar-refractivity contribution < 1.29 is 27.9 Å². The molecular weight excluding hydrogens is 432 g/mol. The summed E-state index contributed by atoms with van der Waals surface area (Å²) in [7, 11) is 0. The van der Waals surface area contributed by atoms with Gasteiger partial charge in [0.15, 0.2) is 0 Å². The number of nitrogens with zero attached hydrogens (tertiary/aromatic N) is 3. The Morgan fingerprint density at radius 1 is 1.09 bits per heavy atom. The van der Waals surface area contributed by atoms with Crippen molar-refractivity contribution in [2.24, 2.45) is 5.92 Å². The highest BCUT2D eigenvalue weighted by atomic mass is 19.1. The topological polar surface area (TPSA) is 70.2 Å². The molecule has 2 fully saturated rings. The van der Waals surface area contributed by atoms with Gasteiger partial charge >= 0.3 is 6.09 Å². The molecule has 2 saturated heterocycles. The molecule has 3 amide bonds. The smallest absolute Gasteiger partial charge is 0.410 e. The van der Waals surface area contributed by atoms with Crippen LogP contribution in [0.5, 0.6) is 0 Å². The second-order valence-electron chi connectivity index (χ2n) is 8.72. The summed E-state index contributed by atoms with van der Waals surface area (Å²) in [6.45, 7) is 9.16. The van der Waals surface area contributed by atoms with Crippen molar-refractivity contribution >= 4 is 17.9 Å². The second-order valence-corrected chi connectivity index (χ2v) is 8.72. The van der Waals surface area contributed by atoms with Gasteiger partial charge in [0, 0.05) is 32.2 Å². The number of carbonyl (C=O) groups excluding carboxylic acids is 3. The molecule has 0 aromatic heterocycles. The molecular formula is C24H33F2N3O4. The summed E-state index contributed by atoms with van der Waals surface area (Å²) < 4.78 is 34.7. The molecule has 0 bridgehead atoms. The van der Waals surface area contributed by atoms with Gasteiger partial charge in [-0.1, -0.05) is 20.3 Å². The van der Waals surface area contributed by atoms with Crippen molar-refractivity contribution in [2.75, 3.05) is 32.8 Å². The fourth-order valence-corrected chi connectivity index (χ4v) is 4.72. The van der Waals surface area contributed by atoms with Crippen LogP contribution in [0.1, 0.15) is 67.7 Å². The average molecular weight is 466 g/mol. The summed E-state index contributed by atoms with van der Waals surface area (Å²) >= 11 is 0. The van der Waals surface area contributed by atoms with Crippen LogP contribution in [0.4, 0.5) is 13.6 Å². The first-order chi connectivity index (χ1) is 15.7. The molecule has 7 nitrogen and oxygen atoms in total. The number of ether oxygens (including phenoxy) is 1. The van der Waals surface area contributed by atoms with Crippen molar-refractivity contribution in [3.05, 3.63) is 34.9 Å². The molecule has 1 aromatic rings. The summed E-state index contributed by atoms with van der Waals surface area (Å²) in [6, 6.07) is 1.67. The molecule has 2 heterocycles. The third kappa shape index (κ3) is 4.82. The van der Waals surface area contributed by atoms with Crippen molar-refractivity contribution in [3.8, 4) is 0 Å². The molecule has 9 heteroatoms. The Bertz CT molecular complexity index is 898. The van der Waals surface area contributed by atoms with Gasteiger partial charge in [0.1, 0.15) is 18.2 Å². The van der Waals surface area contributed by atoms with E-state index in [9.17, 15) is 23.2 Å². The van der Waals surface area contributed by atoms with Gasteiger partial charge in [-0.25, -0.2) is 13.6 Å². The fraction of sp³-hybridized carbons (Fsp3) is 0.625. The van der Waals surface area contributed by atoms with E-state index in [0.29, 0.717) is 32.5 Å². The number of carbonyl (C=O) groups is 3. The zero-order valence-corrected chi connectivity index (χ0v) is 19.8. The molecule has 0 spiro atoms. The maximum atomic E-state index is 14.8. The molecule has 0 saturated carbocycles. The zero-order chi connectivity index (χ0) is 24.3. The van der Waals surface area contributed by atoms with E-state index in [-0.39, 0.29) is 37.2 Å². The normalized spacial score (nSPS) is 20.1. The SMILES string of the molecule is CCC(C)C1COC(=O)N1C1CCN(C(=O)c2c(F)ccc(F)c2C(=O)N(CC)CC)CC1. The molecule has 0 aliphatic carbocycles. The minimum Gasteiger partial charge on any atom is -0.447 e. The summed E-state index contributed by atoms with van der Waals surface area (Å²) in [5.41, 5.74) is -1.05. The predicted molar refractivity (Wildman–Crippen MR) is 119 cm³/mol. The maximum Gasteiger partial charge on any atom is 0.410 e. The lowest BCUT2D eigenvalue weighted by atomic mass is 9.94. The highest BCUT2D eigenvalue weighted by Gasteiger charge is 2.42. The fourth-order valence-electron chi connectivity index (χ4n) is 4.72. The Kier molecular flexibility index (Phi) is 7.92. The van der Waals surface area contributed by atoms with Crippen LogP contribution in [0.25, 0.3) is 0 Å². The van der Waals surface area contributed by atoms with Crippen LogP contribution >= 0.6 is 0 Å². The van der Waals surface area contributed by atoms with Crippen molar-refractivity contribution in [1.82, 2.24) is 14.7 Å². The van der Waals surface area contributed by atoms with Gasteiger partial charge in [-0.3, -0.25) is 14.5 Å². The number of likely N-dealkylation sites (tertiary alicyclic amines) is 1. The van der Waals surface area contributed by atoms with Gasteiger partial charge in [0.05, 0.1) is 17.2 Å². The van der Waals surface area contributed by atoms with Crippen molar-refractivity contribution in [1.29, 1.82) is 0 Å². The number of cyclic esters (lactones) is 1. The van der Waals surface area contributed by atoms with Gasteiger partial charge in [0.2, 0.25) is 0 Å². The van der Waals surface area contributed by atoms with Gasteiger partial charge in [-0.2, -0.15) is 0 Å². The van der Waals surface area contributed by atoms with Crippen LogP contribution in [0.15, 0.2) is 12.1 Å². The molecule has 0 radical (unpaired) electrons. The van der Waals surface area contributed by atoms with Crippen LogP contribution in [0, 0.1) is 17.6 Å². The molecule has 0 N–H and O–H groups in total. The number of hydrogen-bond acceptors (Lipinski definition) is 4. The first-order valence-corrected chi connectivity index (χ1v) is 11.8. The van der Waals surface area contributed by atoms with E-state index >= 15 is 0 Å². The molecule has 2 unspecified atom stereocenters. The van der Waals surface area contributed by atoms with Crippen molar-refractivity contribution in [3.63, 3.8) is 0 Å². The van der Waals surface area contributed by atoms with E-state index in [1.54, 1.807) is 18.7 Å². The Morgan fingerprint density at radius 2 is 1.67 bits per heavy atom. The Hall–Kier alpha value is -2.71. The highest BCUT2D eigenvalue weighted by molar-refractivity contribution is 6.07. The number of piperidine rings is 1. The predicted octanol–water partition coefficient (Wildman–Crippen LogP) is 3.92. The largest absolute Gasteiger partial charge is 0.447 e. The standard InChI is InChI=1S/C24H33F2N3O4/c1-5-15(4)19-14-33-24(32)29(19)16-10-12-28(13-11-16)23(31)21-18(26)9-8-17(25)20(21)22(30)27(6-2)7-3/h8-9,15-16,19H,5-7,10-14H2,1-4H3. The summed E-state index contributed by atoms with van der Waals surface area (Å²) in [6.07, 6.45) is 1.58. The van der Waals surface area contributed by atoms with E-state index < -0.39 is 34.6 Å². The first kappa shape index (κ1) is 24.9. The number of benzene rings is 1. The lowest BCUT2D eigenvalue weighted by Crippen LogP contribution is -2.51. The van der Waals surface area contributed by atoms with Crippen LogP contribution in [-0.2, 0) is 4.74 Å². The Morgan fingerprint density at radius 3 is 2.21 bits per heavy atom. The molecule has 182 valence electrons. The minimum atomic E-state index is -0.918. The van der Waals surface area contributed by atoms with Crippen LogP contribution in [0.3, 0.4) is 0 Å². The zero-order valence-electron chi connectivity index (χ0n) is 19.8. The maximum absolute atomic E-state index is 14.8.